The highest BCUT2D eigenvalue weighted by molar-refractivity contribution is 7.99. The van der Waals surface area contributed by atoms with Crippen LogP contribution in [-0.2, 0) is 0 Å². The zero-order valence-corrected chi connectivity index (χ0v) is 10.3. The third-order valence-electron chi connectivity index (χ3n) is 2.43. The van der Waals surface area contributed by atoms with E-state index in [1.807, 2.05) is 24.5 Å². The Morgan fingerprint density at radius 1 is 1.22 bits per heavy atom. The largest absolute Gasteiger partial charge is 0.411 e. The Balaban J connectivity index is 1.66. The number of pyridine rings is 1. The molecule has 0 N–H and O–H groups in total. The van der Waals surface area contributed by atoms with Gasteiger partial charge in [0.05, 0.1) is 0 Å². The maximum Gasteiger partial charge on any atom is 0.277 e. The van der Waals surface area contributed by atoms with Gasteiger partial charge in [-0.25, -0.2) is 0 Å². The third kappa shape index (κ3) is 2.48. The number of hydrogen-bond acceptors (Lipinski definition) is 6. The molecule has 0 atom stereocenters. The molecule has 0 fully saturated rings. The molecule has 1 aliphatic rings. The quantitative estimate of drug-likeness (QED) is 0.789. The molecule has 1 aliphatic heterocycles. The van der Waals surface area contributed by atoms with Gasteiger partial charge in [-0.2, -0.15) is 0 Å². The van der Waals surface area contributed by atoms with Crippen molar-refractivity contribution in [1.82, 2.24) is 15.2 Å². The van der Waals surface area contributed by atoms with Crippen LogP contribution < -0.4 is 0 Å². The van der Waals surface area contributed by atoms with Crippen LogP contribution in [0.15, 0.2) is 50.9 Å². The van der Waals surface area contributed by atoms with E-state index in [1.54, 1.807) is 12.4 Å². The summed E-state index contributed by atoms with van der Waals surface area (Å²) in [6.45, 7) is 0. The second-order valence-electron chi connectivity index (χ2n) is 3.72. The van der Waals surface area contributed by atoms with Crippen molar-refractivity contribution in [3.05, 3.63) is 36.3 Å². The van der Waals surface area contributed by atoms with E-state index in [1.165, 1.54) is 17.3 Å². The lowest BCUT2D eigenvalue weighted by Crippen LogP contribution is -1.84. The number of aliphatic imine (C=N–C) groups is 1. The minimum atomic E-state index is 0.525. The van der Waals surface area contributed by atoms with Gasteiger partial charge in [-0.1, -0.05) is 11.8 Å². The van der Waals surface area contributed by atoms with Crippen molar-refractivity contribution < 1.29 is 4.42 Å². The fourth-order valence-electron chi connectivity index (χ4n) is 1.51. The monoisotopic (exact) mass is 258 g/mol. The topological polar surface area (TPSA) is 64.2 Å². The molecule has 0 amide bonds. The molecule has 0 saturated carbocycles. The second-order valence-corrected chi connectivity index (χ2v) is 4.65. The molecule has 2 aromatic heterocycles. The van der Waals surface area contributed by atoms with Crippen LogP contribution in [0.25, 0.3) is 11.5 Å². The first-order valence-corrected chi connectivity index (χ1v) is 6.46. The second kappa shape index (κ2) is 5.14. The van der Waals surface area contributed by atoms with Crippen LogP contribution in [0, 0.1) is 0 Å². The fourth-order valence-corrected chi connectivity index (χ4v) is 2.25. The van der Waals surface area contributed by atoms with Gasteiger partial charge in [0.15, 0.2) is 0 Å². The predicted molar refractivity (Wildman–Crippen MR) is 69.4 cm³/mol. The average molecular weight is 258 g/mol. The molecule has 18 heavy (non-hydrogen) atoms. The molecular formula is C12H10N4OS. The number of thioether (sulfide) groups is 1. The highest BCUT2D eigenvalue weighted by Gasteiger charge is 2.10. The van der Waals surface area contributed by atoms with Gasteiger partial charge in [-0.3, -0.25) is 9.98 Å². The molecule has 3 rings (SSSR count). The van der Waals surface area contributed by atoms with Crippen LogP contribution in [0.1, 0.15) is 6.42 Å². The smallest absolute Gasteiger partial charge is 0.277 e. The molecule has 3 heterocycles. The zero-order valence-electron chi connectivity index (χ0n) is 9.48. The van der Waals surface area contributed by atoms with Gasteiger partial charge in [-0.15, -0.1) is 10.2 Å². The first-order chi connectivity index (χ1) is 8.92. The van der Waals surface area contributed by atoms with Crippen molar-refractivity contribution in [2.75, 3.05) is 5.75 Å². The molecule has 0 unspecified atom stereocenters. The highest BCUT2D eigenvalue weighted by Crippen LogP contribution is 2.25. The Bertz CT molecular complexity index is 591. The summed E-state index contributed by atoms with van der Waals surface area (Å²) in [5.41, 5.74) is 2.15. The maximum absolute atomic E-state index is 5.57. The van der Waals surface area contributed by atoms with E-state index >= 15 is 0 Å². The molecule has 5 nitrogen and oxygen atoms in total. The maximum atomic E-state index is 5.57. The summed E-state index contributed by atoms with van der Waals surface area (Å²) in [4.78, 5) is 8.01. The number of rotatable bonds is 4. The van der Waals surface area contributed by atoms with Crippen molar-refractivity contribution in [3.8, 4) is 11.5 Å². The van der Waals surface area contributed by atoms with Gasteiger partial charge < -0.3 is 4.42 Å². The Kier molecular flexibility index (Phi) is 3.18. The van der Waals surface area contributed by atoms with Crippen molar-refractivity contribution in [2.24, 2.45) is 4.99 Å². The van der Waals surface area contributed by atoms with E-state index in [4.69, 9.17) is 4.42 Å². The predicted octanol–water partition coefficient (Wildman–Crippen LogP) is 2.58. The lowest BCUT2D eigenvalue weighted by atomic mass is 10.3. The lowest BCUT2D eigenvalue weighted by Gasteiger charge is -1.95. The minimum absolute atomic E-state index is 0.525. The molecule has 90 valence electrons. The van der Waals surface area contributed by atoms with E-state index < -0.39 is 0 Å². The summed E-state index contributed by atoms with van der Waals surface area (Å²) in [5.74, 6) is 1.36. The van der Waals surface area contributed by atoms with Crippen LogP contribution in [0.4, 0.5) is 0 Å². The molecule has 0 bridgehead atoms. The molecule has 0 aliphatic carbocycles. The van der Waals surface area contributed by atoms with Gasteiger partial charge in [0.2, 0.25) is 5.89 Å². The normalized spacial score (nSPS) is 13.9. The van der Waals surface area contributed by atoms with Crippen LogP contribution >= 0.6 is 11.8 Å². The fraction of sp³-hybridized carbons (Fsp3) is 0.167. The minimum Gasteiger partial charge on any atom is -0.411 e. The summed E-state index contributed by atoms with van der Waals surface area (Å²) < 4.78 is 5.57. The standard InChI is InChI=1S/C12H10N4OS/c1-4-14-7-9(1)8-18-12-16-15-11(17-12)10-2-5-13-6-3-10/h2-7H,1,8H2. The van der Waals surface area contributed by atoms with Gasteiger partial charge >= 0.3 is 0 Å². The van der Waals surface area contributed by atoms with E-state index in [2.05, 4.69) is 20.2 Å². The molecule has 0 aromatic carbocycles. The Labute approximate surface area is 108 Å². The van der Waals surface area contributed by atoms with E-state index in [0.717, 1.165) is 17.7 Å². The molecule has 2 aromatic rings. The van der Waals surface area contributed by atoms with Crippen molar-refractivity contribution >= 4 is 18.0 Å². The summed E-state index contributed by atoms with van der Waals surface area (Å²) in [6.07, 6.45) is 8.09. The summed E-state index contributed by atoms with van der Waals surface area (Å²) in [5, 5.41) is 8.61. The molecule has 0 saturated heterocycles. The van der Waals surface area contributed by atoms with Crippen molar-refractivity contribution in [3.63, 3.8) is 0 Å². The summed E-state index contributed by atoms with van der Waals surface area (Å²) in [6, 6.07) is 3.69. The molecule has 0 spiro atoms. The zero-order chi connectivity index (χ0) is 12.2. The van der Waals surface area contributed by atoms with Crippen molar-refractivity contribution in [1.29, 1.82) is 0 Å². The molecule has 6 heteroatoms. The van der Waals surface area contributed by atoms with Crippen LogP contribution in [-0.4, -0.2) is 27.1 Å². The Morgan fingerprint density at radius 3 is 2.89 bits per heavy atom. The van der Waals surface area contributed by atoms with Crippen LogP contribution in [0.2, 0.25) is 0 Å². The first kappa shape index (κ1) is 11.2. The van der Waals surface area contributed by atoms with E-state index in [-0.39, 0.29) is 0 Å². The van der Waals surface area contributed by atoms with E-state index in [0.29, 0.717) is 11.1 Å². The van der Waals surface area contributed by atoms with Crippen molar-refractivity contribution in [2.45, 2.75) is 11.6 Å². The van der Waals surface area contributed by atoms with Gasteiger partial charge in [0, 0.05) is 42.5 Å². The van der Waals surface area contributed by atoms with Gasteiger partial charge in [-0.05, 0) is 17.7 Å². The number of nitrogens with zero attached hydrogens (tertiary/aromatic N) is 4. The molecular weight excluding hydrogens is 248 g/mol. The summed E-state index contributed by atoms with van der Waals surface area (Å²) in [7, 11) is 0. The van der Waals surface area contributed by atoms with E-state index in [9.17, 15) is 0 Å². The van der Waals surface area contributed by atoms with Gasteiger partial charge in [0.25, 0.3) is 5.22 Å². The van der Waals surface area contributed by atoms with Crippen LogP contribution in [0.3, 0.4) is 0 Å². The number of hydrogen-bond donors (Lipinski definition) is 0. The Morgan fingerprint density at radius 2 is 2.11 bits per heavy atom. The Hall–Kier alpha value is -1.95. The molecule has 0 radical (unpaired) electrons. The van der Waals surface area contributed by atoms with Gasteiger partial charge in [0.1, 0.15) is 0 Å². The number of aromatic nitrogens is 3. The average Bonchev–Trinajstić information content (AvgIpc) is 3.09. The first-order valence-electron chi connectivity index (χ1n) is 5.48. The lowest BCUT2D eigenvalue weighted by molar-refractivity contribution is 0.466. The third-order valence-corrected chi connectivity index (χ3v) is 3.36. The SMILES string of the molecule is C1=NC=C(CSc2nnc(-c3ccncc3)o2)C1. The van der Waals surface area contributed by atoms with Crippen LogP contribution in [0.5, 0.6) is 0 Å². The summed E-state index contributed by atoms with van der Waals surface area (Å²) >= 11 is 1.53. The highest BCUT2D eigenvalue weighted by atomic mass is 32.2.